The number of hydrogen-bond acceptors (Lipinski definition) is 7. The van der Waals surface area contributed by atoms with Crippen LogP contribution in [-0.2, 0) is 4.74 Å². The van der Waals surface area contributed by atoms with E-state index in [2.05, 4.69) is 4.98 Å². The number of rotatable bonds is 10. The van der Waals surface area contributed by atoms with Gasteiger partial charge >= 0.3 is 12.1 Å². The highest BCUT2D eigenvalue weighted by atomic mass is 32.2. The van der Waals surface area contributed by atoms with Crippen molar-refractivity contribution in [2.24, 2.45) is 5.92 Å². The number of cyclic esters (lactones) is 1. The molecule has 1 aliphatic carbocycles. The van der Waals surface area contributed by atoms with Crippen molar-refractivity contribution < 1.29 is 24.5 Å². The molecule has 7 nitrogen and oxygen atoms in total. The normalized spacial score (nSPS) is 24.5. The standard InChI is InChI=1S/C19H26N2O5S2/c1-12-15(4-3-7-19(2,25)10-13-5-6-13)21(18(24)26-12)8-9-27-17-20-14(11-28-17)16(22)23/h3-4,11-13,15,25H,5-10H2,1-2H3,(H,22,23)/b4-3+/t12-,15-,19?/m0/s1. The quantitative estimate of drug-likeness (QED) is 0.435. The summed E-state index contributed by atoms with van der Waals surface area (Å²) in [5.41, 5.74) is -0.668. The minimum Gasteiger partial charge on any atom is -0.476 e. The molecule has 2 N–H and O–H groups in total. The average Bonchev–Trinajstić information content (AvgIpc) is 3.19. The molecule has 1 amide bonds. The molecule has 0 bridgehead atoms. The molecule has 1 aromatic heterocycles. The Morgan fingerprint density at radius 2 is 2.29 bits per heavy atom. The Balaban J connectivity index is 1.51. The van der Waals surface area contributed by atoms with E-state index >= 15 is 0 Å². The van der Waals surface area contributed by atoms with Crippen LogP contribution in [0.15, 0.2) is 21.9 Å². The van der Waals surface area contributed by atoms with E-state index in [4.69, 9.17) is 9.84 Å². The molecule has 2 fully saturated rings. The van der Waals surface area contributed by atoms with E-state index in [0.29, 0.717) is 29.0 Å². The fourth-order valence-electron chi connectivity index (χ4n) is 3.31. The molecular formula is C19H26N2O5S2. The summed E-state index contributed by atoms with van der Waals surface area (Å²) in [6.45, 7) is 4.20. The predicted octanol–water partition coefficient (Wildman–Crippen LogP) is 3.64. The van der Waals surface area contributed by atoms with E-state index in [9.17, 15) is 14.7 Å². The second kappa shape index (κ2) is 8.84. The number of carboxylic acids is 1. The van der Waals surface area contributed by atoms with Crippen LogP contribution in [-0.4, -0.2) is 62.2 Å². The van der Waals surface area contributed by atoms with Gasteiger partial charge in [-0.3, -0.25) is 4.90 Å². The second-order valence-corrected chi connectivity index (χ2v) is 9.90. The lowest BCUT2D eigenvalue weighted by Crippen LogP contribution is -2.36. The highest BCUT2D eigenvalue weighted by Gasteiger charge is 2.37. The molecule has 1 saturated heterocycles. The molecule has 28 heavy (non-hydrogen) atoms. The van der Waals surface area contributed by atoms with Gasteiger partial charge in [-0.1, -0.05) is 36.8 Å². The smallest absolute Gasteiger partial charge is 0.410 e. The van der Waals surface area contributed by atoms with Crippen LogP contribution in [0.1, 0.15) is 50.0 Å². The molecule has 1 aromatic rings. The predicted molar refractivity (Wildman–Crippen MR) is 108 cm³/mol. The summed E-state index contributed by atoms with van der Waals surface area (Å²) in [5, 5.41) is 20.9. The van der Waals surface area contributed by atoms with E-state index in [-0.39, 0.29) is 23.9 Å². The molecule has 2 aliphatic rings. The van der Waals surface area contributed by atoms with Gasteiger partial charge in [0, 0.05) is 17.7 Å². The zero-order valence-electron chi connectivity index (χ0n) is 16.0. The van der Waals surface area contributed by atoms with Crippen LogP contribution in [0.2, 0.25) is 0 Å². The van der Waals surface area contributed by atoms with Crippen LogP contribution in [0.25, 0.3) is 0 Å². The van der Waals surface area contributed by atoms with Gasteiger partial charge < -0.3 is 14.9 Å². The summed E-state index contributed by atoms with van der Waals surface area (Å²) in [5.74, 6) is 0.209. The third-order valence-corrected chi connectivity index (χ3v) is 6.94. The van der Waals surface area contributed by atoms with Crippen LogP contribution in [0.3, 0.4) is 0 Å². The molecule has 3 rings (SSSR count). The topological polar surface area (TPSA) is 100.0 Å². The molecule has 0 aromatic carbocycles. The Morgan fingerprint density at radius 3 is 2.93 bits per heavy atom. The van der Waals surface area contributed by atoms with E-state index < -0.39 is 11.6 Å². The van der Waals surface area contributed by atoms with Crippen molar-refractivity contribution in [3.05, 3.63) is 23.2 Å². The third kappa shape index (κ3) is 5.71. The van der Waals surface area contributed by atoms with E-state index in [1.54, 1.807) is 4.90 Å². The number of thioether (sulfide) groups is 1. The lowest BCUT2D eigenvalue weighted by Gasteiger charge is -2.23. The minimum atomic E-state index is -1.04. The van der Waals surface area contributed by atoms with Crippen molar-refractivity contribution in [2.75, 3.05) is 12.3 Å². The van der Waals surface area contributed by atoms with Gasteiger partial charge in [-0.25, -0.2) is 14.6 Å². The first-order valence-corrected chi connectivity index (χ1v) is 11.3. The number of aromatic carboxylic acids is 1. The Bertz CT molecular complexity index is 744. The molecule has 1 unspecified atom stereocenters. The van der Waals surface area contributed by atoms with Gasteiger partial charge in [0.25, 0.3) is 0 Å². The van der Waals surface area contributed by atoms with Crippen LogP contribution in [0, 0.1) is 5.92 Å². The maximum absolute atomic E-state index is 12.2. The summed E-state index contributed by atoms with van der Waals surface area (Å²) in [7, 11) is 0. The summed E-state index contributed by atoms with van der Waals surface area (Å²) in [6.07, 6.45) is 7.10. The Morgan fingerprint density at radius 1 is 1.54 bits per heavy atom. The number of carbonyl (C=O) groups is 2. The number of amides is 1. The van der Waals surface area contributed by atoms with Gasteiger partial charge in [0.2, 0.25) is 0 Å². The lowest BCUT2D eigenvalue weighted by molar-refractivity contribution is 0.0480. The van der Waals surface area contributed by atoms with Gasteiger partial charge in [0.15, 0.2) is 10.0 Å². The average molecular weight is 427 g/mol. The van der Waals surface area contributed by atoms with Crippen molar-refractivity contribution in [3.8, 4) is 0 Å². The van der Waals surface area contributed by atoms with E-state index in [1.165, 1.54) is 41.3 Å². The summed E-state index contributed by atoms with van der Waals surface area (Å²) >= 11 is 2.71. The lowest BCUT2D eigenvalue weighted by atomic mass is 9.94. The number of carboxylic acid groups (broad SMARTS) is 1. The Labute approximate surface area is 172 Å². The van der Waals surface area contributed by atoms with Gasteiger partial charge in [0.05, 0.1) is 11.6 Å². The van der Waals surface area contributed by atoms with Crippen molar-refractivity contribution >= 4 is 35.2 Å². The highest BCUT2D eigenvalue weighted by Crippen LogP contribution is 2.38. The van der Waals surface area contributed by atoms with E-state index in [0.717, 1.165) is 6.42 Å². The fraction of sp³-hybridized carbons (Fsp3) is 0.632. The minimum absolute atomic E-state index is 0.0424. The van der Waals surface area contributed by atoms with E-state index in [1.807, 2.05) is 26.0 Å². The van der Waals surface area contributed by atoms with Gasteiger partial charge in [-0.2, -0.15) is 0 Å². The van der Waals surface area contributed by atoms with Crippen molar-refractivity contribution in [1.82, 2.24) is 9.88 Å². The molecule has 2 heterocycles. The number of aromatic nitrogens is 1. The van der Waals surface area contributed by atoms with Crippen molar-refractivity contribution in [3.63, 3.8) is 0 Å². The zero-order valence-corrected chi connectivity index (χ0v) is 17.7. The number of ether oxygens (including phenoxy) is 1. The molecule has 9 heteroatoms. The first-order chi connectivity index (χ1) is 13.2. The molecule has 3 atom stereocenters. The number of carbonyl (C=O) groups excluding carboxylic acids is 1. The van der Waals surface area contributed by atoms with Gasteiger partial charge in [-0.15, -0.1) is 11.3 Å². The third-order valence-electron chi connectivity index (χ3n) is 4.94. The monoisotopic (exact) mass is 426 g/mol. The SMILES string of the molecule is C[C@@H]1OC(=O)N(CCSc2nc(C(=O)O)cs2)[C@H]1/C=C/CC(C)(O)CC1CC1. The molecule has 0 radical (unpaired) electrons. The first-order valence-electron chi connectivity index (χ1n) is 9.43. The number of thiazole rings is 1. The zero-order chi connectivity index (χ0) is 20.3. The van der Waals surface area contributed by atoms with Gasteiger partial charge in [-0.05, 0) is 32.6 Å². The second-order valence-electron chi connectivity index (χ2n) is 7.70. The van der Waals surface area contributed by atoms with Crippen molar-refractivity contribution in [1.29, 1.82) is 0 Å². The van der Waals surface area contributed by atoms with Crippen LogP contribution < -0.4 is 0 Å². The molecule has 0 spiro atoms. The van der Waals surface area contributed by atoms with Crippen LogP contribution in [0.5, 0.6) is 0 Å². The number of nitrogens with zero attached hydrogens (tertiary/aromatic N) is 2. The molecule has 1 aliphatic heterocycles. The summed E-state index contributed by atoms with van der Waals surface area (Å²) in [4.78, 5) is 28.8. The maximum atomic E-state index is 12.2. The molecular weight excluding hydrogens is 400 g/mol. The maximum Gasteiger partial charge on any atom is 0.410 e. The van der Waals surface area contributed by atoms with Crippen LogP contribution in [0.4, 0.5) is 4.79 Å². The Kier molecular flexibility index (Phi) is 6.67. The van der Waals surface area contributed by atoms with Gasteiger partial charge in [0.1, 0.15) is 6.10 Å². The van der Waals surface area contributed by atoms with Crippen LogP contribution >= 0.6 is 23.1 Å². The first kappa shape index (κ1) is 21.1. The summed E-state index contributed by atoms with van der Waals surface area (Å²) < 4.78 is 6.02. The van der Waals surface area contributed by atoms with Crippen molar-refractivity contribution in [2.45, 2.75) is 61.6 Å². The Hall–Kier alpha value is -1.58. The fourth-order valence-corrected chi connectivity index (χ4v) is 5.12. The number of aliphatic hydroxyl groups is 1. The molecule has 1 saturated carbocycles. The summed E-state index contributed by atoms with van der Waals surface area (Å²) in [6, 6.07) is -0.171. The highest BCUT2D eigenvalue weighted by molar-refractivity contribution is 8.01. The largest absolute Gasteiger partial charge is 0.476 e. The number of hydrogen-bond donors (Lipinski definition) is 2. The molecule has 154 valence electrons.